The molecule has 1 aromatic carbocycles. The first kappa shape index (κ1) is 33.5. The lowest BCUT2D eigenvalue weighted by Gasteiger charge is -2.36. The fourth-order valence-electron chi connectivity index (χ4n) is 4.37. The predicted molar refractivity (Wildman–Crippen MR) is 155 cm³/mol. The van der Waals surface area contributed by atoms with Crippen LogP contribution in [0.5, 0.6) is 0 Å². The summed E-state index contributed by atoms with van der Waals surface area (Å²) in [6.45, 7) is 18.4. The van der Waals surface area contributed by atoms with Crippen LogP contribution < -0.4 is 10.6 Å². The van der Waals surface area contributed by atoms with Crippen molar-refractivity contribution in [3.05, 3.63) is 34.9 Å². The average molecular weight is 532 g/mol. The second kappa shape index (κ2) is 16.4. The number of amides is 3. The molecule has 0 heterocycles. The van der Waals surface area contributed by atoms with Crippen LogP contribution in [0.25, 0.3) is 0 Å². The monoisotopic (exact) mass is 531 g/mol. The quantitative estimate of drug-likeness (QED) is 0.249. The molecule has 38 heavy (non-hydrogen) atoms. The van der Waals surface area contributed by atoms with Crippen LogP contribution in [0.4, 0.5) is 4.79 Å². The average Bonchev–Trinajstić information content (AvgIpc) is 2.82. The maximum absolute atomic E-state index is 14.2. The molecule has 0 aliphatic carbocycles. The number of benzene rings is 1. The Morgan fingerprint density at radius 3 is 2.16 bits per heavy atom. The minimum Gasteiger partial charge on any atom is -0.444 e. The Labute approximate surface area is 231 Å². The maximum Gasteiger partial charge on any atom is 0.408 e. The van der Waals surface area contributed by atoms with Gasteiger partial charge in [-0.1, -0.05) is 83.6 Å². The third-order valence-electron chi connectivity index (χ3n) is 6.51. The van der Waals surface area contributed by atoms with Crippen molar-refractivity contribution in [1.82, 2.24) is 15.5 Å². The first-order valence-electron chi connectivity index (χ1n) is 14.5. The summed E-state index contributed by atoms with van der Waals surface area (Å²) in [5.74, 6) is -0.647. The van der Waals surface area contributed by atoms with E-state index in [1.54, 1.807) is 25.7 Å². The number of unbranched alkanes of at least 4 members (excludes halogenated alkanes) is 5. The predicted octanol–water partition coefficient (Wildman–Crippen LogP) is 6.61. The summed E-state index contributed by atoms with van der Waals surface area (Å²) in [7, 11) is 0. The molecule has 0 fully saturated rings. The zero-order chi connectivity index (χ0) is 28.9. The highest BCUT2D eigenvalue weighted by atomic mass is 16.6. The van der Waals surface area contributed by atoms with E-state index < -0.39 is 23.8 Å². The lowest BCUT2D eigenvalue weighted by Crippen LogP contribution is -2.55. The van der Waals surface area contributed by atoms with E-state index in [0.717, 1.165) is 61.6 Å². The van der Waals surface area contributed by atoms with Gasteiger partial charge in [-0.25, -0.2) is 4.79 Å². The van der Waals surface area contributed by atoms with Gasteiger partial charge in [0.15, 0.2) is 0 Å². The molecule has 7 nitrogen and oxygen atoms in total. The van der Waals surface area contributed by atoms with Crippen LogP contribution in [0.15, 0.2) is 18.2 Å². The molecule has 0 radical (unpaired) electrons. The van der Waals surface area contributed by atoms with Crippen molar-refractivity contribution in [1.29, 1.82) is 0 Å². The van der Waals surface area contributed by atoms with Gasteiger partial charge in [0.1, 0.15) is 17.7 Å². The molecule has 0 aliphatic rings. The second-order valence-electron chi connectivity index (χ2n) is 11.7. The second-order valence-corrected chi connectivity index (χ2v) is 11.7. The Morgan fingerprint density at radius 2 is 1.58 bits per heavy atom. The summed E-state index contributed by atoms with van der Waals surface area (Å²) in [5.41, 5.74) is 2.12. The number of carbonyl (C=O) groups is 3. The zero-order valence-electron chi connectivity index (χ0n) is 25.4. The molecule has 0 aromatic heterocycles. The minimum atomic E-state index is -0.823. The molecule has 0 bridgehead atoms. The summed E-state index contributed by atoms with van der Waals surface area (Å²) >= 11 is 0. The van der Waals surface area contributed by atoms with Crippen LogP contribution in [0.2, 0.25) is 0 Å². The topological polar surface area (TPSA) is 87.7 Å². The van der Waals surface area contributed by atoms with Gasteiger partial charge in [0.25, 0.3) is 0 Å². The van der Waals surface area contributed by atoms with Gasteiger partial charge in [-0.15, -0.1) is 0 Å². The normalized spacial score (nSPS) is 13.1. The Kier molecular flexibility index (Phi) is 14.4. The molecular weight excluding hydrogens is 478 g/mol. The number of aryl methyl sites for hydroxylation is 2. The van der Waals surface area contributed by atoms with Crippen molar-refractivity contribution in [3.63, 3.8) is 0 Å². The lowest BCUT2D eigenvalue weighted by atomic mass is 9.94. The van der Waals surface area contributed by atoms with Gasteiger partial charge in [-0.3, -0.25) is 9.59 Å². The Hall–Kier alpha value is -2.57. The molecule has 0 saturated heterocycles. The molecule has 0 aliphatic heterocycles. The molecular formula is C31H53N3O4. The smallest absolute Gasteiger partial charge is 0.408 e. The van der Waals surface area contributed by atoms with Gasteiger partial charge in [-0.2, -0.15) is 0 Å². The van der Waals surface area contributed by atoms with Crippen molar-refractivity contribution < 1.29 is 19.1 Å². The number of alkyl carbamates (subject to hydrolysis) is 1. The van der Waals surface area contributed by atoms with E-state index in [4.69, 9.17) is 4.74 Å². The van der Waals surface area contributed by atoms with Crippen LogP contribution in [0, 0.1) is 19.8 Å². The minimum absolute atomic E-state index is 0.186. The third kappa shape index (κ3) is 11.4. The van der Waals surface area contributed by atoms with E-state index in [0.29, 0.717) is 13.1 Å². The molecule has 0 saturated carbocycles. The number of ether oxygens (including phenoxy) is 1. The van der Waals surface area contributed by atoms with E-state index in [-0.39, 0.29) is 17.7 Å². The van der Waals surface area contributed by atoms with Gasteiger partial charge in [0.2, 0.25) is 11.8 Å². The molecule has 1 aromatic rings. The maximum atomic E-state index is 14.2. The number of nitrogens with zero attached hydrogens (tertiary/aromatic N) is 1. The van der Waals surface area contributed by atoms with Crippen molar-refractivity contribution in [3.8, 4) is 0 Å². The van der Waals surface area contributed by atoms with E-state index in [9.17, 15) is 14.4 Å². The molecule has 2 atom stereocenters. The lowest BCUT2D eigenvalue weighted by molar-refractivity contribution is -0.143. The van der Waals surface area contributed by atoms with Crippen LogP contribution >= 0.6 is 0 Å². The number of nitrogens with one attached hydrogen (secondary N) is 2. The zero-order valence-corrected chi connectivity index (χ0v) is 25.4. The van der Waals surface area contributed by atoms with Crippen molar-refractivity contribution in [2.45, 2.75) is 125 Å². The Bertz CT molecular complexity index is 892. The summed E-state index contributed by atoms with van der Waals surface area (Å²) < 4.78 is 5.47. The van der Waals surface area contributed by atoms with Crippen molar-refractivity contribution >= 4 is 17.9 Å². The summed E-state index contributed by atoms with van der Waals surface area (Å²) in [4.78, 5) is 42.4. The number of carbonyl (C=O) groups excluding carboxylic acids is 3. The van der Waals surface area contributed by atoms with Crippen LogP contribution in [-0.2, 0) is 14.3 Å². The van der Waals surface area contributed by atoms with Gasteiger partial charge in [0.05, 0.1) is 0 Å². The number of hydrogen-bond acceptors (Lipinski definition) is 4. The van der Waals surface area contributed by atoms with E-state index >= 15 is 0 Å². The molecule has 3 amide bonds. The first-order valence-corrected chi connectivity index (χ1v) is 14.5. The standard InChI is InChI=1S/C31H53N3O4/c1-10-12-14-15-16-20-34(29(36)26(22(3)4)33-30(37)38-31(7,8)9)27(28(35)32-19-13-11-2)25-21-23(5)17-18-24(25)6/h17-18,21-22,26-27H,10-16,19-20H2,1-9H3,(H,32,35)(H,33,37). The van der Waals surface area contributed by atoms with Crippen LogP contribution in [-0.4, -0.2) is 47.5 Å². The highest BCUT2D eigenvalue weighted by Gasteiger charge is 2.37. The highest BCUT2D eigenvalue weighted by Crippen LogP contribution is 2.28. The Balaban J connectivity index is 3.49. The third-order valence-corrected chi connectivity index (χ3v) is 6.51. The summed E-state index contributed by atoms with van der Waals surface area (Å²) in [6.07, 6.45) is 6.30. The fraction of sp³-hybridized carbons (Fsp3) is 0.710. The highest BCUT2D eigenvalue weighted by molar-refractivity contribution is 5.92. The molecule has 2 N–H and O–H groups in total. The van der Waals surface area contributed by atoms with Crippen LogP contribution in [0.1, 0.15) is 116 Å². The fourth-order valence-corrected chi connectivity index (χ4v) is 4.37. The summed E-state index contributed by atoms with van der Waals surface area (Å²) in [5, 5.41) is 5.87. The molecule has 216 valence electrons. The summed E-state index contributed by atoms with van der Waals surface area (Å²) in [6, 6.07) is 4.41. The van der Waals surface area contributed by atoms with Crippen molar-refractivity contribution in [2.24, 2.45) is 5.92 Å². The molecule has 2 unspecified atom stereocenters. The van der Waals surface area contributed by atoms with Crippen molar-refractivity contribution in [2.75, 3.05) is 13.1 Å². The molecule has 1 rings (SSSR count). The van der Waals surface area contributed by atoms with E-state index in [2.05, 4.69) is 24.5 Å². The van der Waals surface area contributed by atoms with E-state index in [1.165, 1.54) is 0 Å². The van der Waals surface area contributed by atoms with E-state index in [1.807, 2.05) is 45.9 Å². The first-order chi connectivity index (χ1) is 17.8. The SMILES string of the molecule is CCCCCCCN(C(=O)C(NC(=O)OC(C)(C)C)C(C)C)C(C(=O)NCCCC)c1cc(C)ccc1C. The molecule has 0 spiro atoms. The van der Waals surface area contributed by atoms with Crippen LogP contribution in [0.3, 0.4) is 0 Å². The van der Waals surface area contributed by atoms with Gasteiger partial charge in [0, 0.05) is 13.1 Å². The van der Waals surface area contributed by atoms with Gasteiger partial charge < -0.3 is 20.3 Å². The van der Waals surface area contributed by atoms with Gasteiger partial charge in [-0.05, 0) is 64.5 Å². The largest absolute Gasteiger partial charge is 0.444 e. The number of hydrogen-bond donors (Lipinski definition) is 2. The number of rotatable bonds is 15. The van der Waals surface area contributed by atoms with Gasteiger partial charge >= 0.3 is 6.09 Å². The molecule has 7 heteroatoms. The Morgan fingerprint density at radius 1 is 0.947 bits per heavy atom.